The molecular weight excluding hydrogens is 313 g/mol. The summed E-state index contributed by atoms with van der Waals surface area (Å²) in [4.78, 5) is 22.6. The lowest BCUT2D eigenvalue weighted by atomic mass is 10.1. The topological polar surface area (TPSA) is 64.6 Å². The van der Waals surface area contributed by atoms with Crippen LogP contribution in [0.5, 0.6) is 0 Å². The first-order chi connectivity index (χ1) is 7.02. The molecule has 1 N–H and O–H groups in total. The summed E-state index contributed by atoms with van der Waals surface area (Å²) in [5.74, 6) is -0.469. The van der Waals surface area contributed by atoms with Crippen molar-refractivity contribution in [1.82, 2.24) is 5.32 Å². The van der Waals surface area contributed by atoms with Crippen LogP contribution in [0, 0.1) is 5.92 Å². The highest BCUT2D eigenvalue weighted by atomic mass is 127. The summed E-state index contributed by atoms with van der Waals surface area (Å²) in [6.07, 6.45) is -0.601. The summed E-state index contributed by atoms with van der Waals surface area (Å²) in [6.45, 7) is 5.67. The van der Waals surface area contributed by atoms with E-state index in [0.717, 1.165) is 0 Å². The second kappa shape index (κ2) is 7.72. The molecule has 6 heteroatoms. The second-order valence-corrected chi connectivity index (χ2v) is 3.78. The number of alkyl halides is 1. The zero-order valence-electron chi connectivity index (χ0n) is 9.08. The van der Waals surface area contributed by atoms with E-state index in [9.17, 15) is 9.59 Å². The monoisotopic (exact) mass is 329 g/mol. The Morgan fingerprint density at radius 3 is 2.33 bits per heavy atom. The first-order valence-corrected chi connectivity index (χ1v) is 6.21. The zero-order chi connectivity index (χ0) is 11.8. The third-order valence-corrected chi connectivity index (χ3v) is 1.98. The lowest BCUT2D eigenvalue weighted by Crippen LogP contribution is -2.45. The van der Waals surface area contributed by atoms with Gasteiger partial charge < -0.3 is 14.8 Å². The molecule has 0 saturated heterocycles. The van der Waals surface area contributed by atoms with Gasteiger partial charge in [-0.15, -0.1) is 0 Å². The van der Waals surface area contributed by atoms with E-state index in [-0.39, 0.29) is 10.5 Å². The molecule has 1 atom stereocenters. The number of nitrogens with one attached hydrogen (secondary N) is 1. The van der Waals surface area contributed by atoms with Crippen molar-refractivity contribution in [1.29, 1.82) is 0 Å². The Hall–Kier alpha value is -0.530. The summed E-state index contributed by atoms with van der Waals surface area (Å²) in [7, 11) is 0. The lowest BCUT2D eigenvalue weighted by Gasteiger charge is -2.19. The molecule has 0 spiro atoms. The summed E-state index contributed by atoms with van der Waals surface area (Å²) in [5.41, 5.74) is 0. The lowest BCUT2D eigenvalue weighted by molar-refractivity contribution is -0.146. The van der Waals surface area contributed by atoms with Crippen LogP contribution in [0.3, 0.4) is 0 Å². The first kappa shape index (κ1) is 14.5. The Labute approximate surface area is 103 Å². The van der Waals surface area contributed by atoms with Crippen LogP contribution < -0.4 is 5.32 Å². The number of carbonyl (C=O) groups is 2. The van der Waals surface area contributed by atoms with Gasteiger partial charge in [-0.25, -0.2) is 9.59 Å². The minimum absolute atomic E-state index is 0.0363. The van der Waals surface area contributed by atoms with E-state index in [4.69, 9.17) is 4.74 Å². The van der Waals surface area contributed by atoms with E-state index < -0.39 is 18.1 Å². The Balaban J connectivity index is 4.27. The van der Waals surface area contributed by atoms with Crippen molar-refractivity contribution in [3.8, 4) is 0 Å². The van der Waals surface area contributed by atoms with Gasteiger partial charge in [0.1, 0.15) is 10.7 Å². The number of carbonyl (C=O) groups excluding carboxylic acids is 2. The molecule has 0 aliphatic heterocycles. The highest BCUT2D eigenvalue weighted by Gasteiger charge is 2.25. The van der Waals surface area contributed by atoms with Crippen LogP contribution >= 0.6 is 22.6 Å². The average Bonchev–Trinajstić information content (AvgIpc) is 2.14. The maximum absolute atomic E-state index is 11.4. The van der Waals surface area contributed by atoms with Gasteiger partial charge in [-0.1, -0.05) is 13.8 Å². The number of rotatable bonds is 5. The number of amides is 1. The Bertz CT molecular complexity index is 220. The van der Waals surface area contributed by atoms with Gasteiger partial charge >= 0.3 is 12.1 Å². The van der Waals surface area contributed by atoms with Crippen LogP contribution in [0.1, 0.15) is 20.8 Å². The molecule has 0 fully saturated rings. The van der Waals surface area contributed by atoms with E-state index in [1.165, 1.54) is 0 Å². The molecule has 0 aromatic heterocycles. The summed E-state index contributed by atoms with van der Waals surface area (Å²) < 4.78 is 9.76. The van der Waals surface area contributed by atoms with Crippen LogP contribution in [0.15, 0.2) is 0 Å². The largest absolute Gasteiger partial charge is 0.464 e. The van der Waals surface area contributed by atoms with E-state index in [1.54, 1.807) is 6.92 Å². The van der Waals surface area contributed by atoms with Crippen LogP contribution in [0.2, 0.25) is 0 Å². The number of ether oxygens (including phenoxy) is 2. The average molecular weight is 329 g/mol. The number of hydrogen-bond acceptors (Lipinski definition) is 4. The summed E-state index contributed by atoms with van der Waals surface area (Å²) in [6, 6.07) is -0.652. The van der Waals surface area contributed by atoms with Crippen molar-refractivity contribution in [2.75, 3.05) is 11.2 Å². The van der Waals surface area contributed by atoms with Gasteiger partial charge in [-0.3, -0.25) is 0 Å². The smallest absolute Gasteiger partial charge is 0.408 e. The van der Waals surface area contributed by atoms with Crippen molar-refractivity contribution in [2.45, 2.75) is 26.8 Å². The molecule has 15 heavy (non-hydrogen) atoms. The van der Waals surface area contributed by atoms with Gasteiger partial charge in [-0.2, -0.15) is 0 Å². The Morgan fingerprint density at radius 1 is 1.33 bits per heavy atom. The molecule has 0 bridgehead atoms. The van der Waals surface area contributed by atoms with E-state index in [2.05, 4.69) is 10.1 Å². The fourth-order valence-electron chi connectivity index (χ4n) is 0.948. The number of alkyl carbamates (subject to hydrolysis) is 1. The van der Waals surface area contributed by atoms with E-state index in [1.807, 2.05) is 36.4 Å². The predicted octanol–water partition coefficient (Wildman–Crippen LogP) is 1.69. The third-order valence-electron chi connectivity index (χ3n) is 1.67. The molecule has 0 heterocycles. The maximum Gasteiger partial charge on any atom is 0.408 e. The van der Waals surface area contributed by atoms with Crippen molar-refractivity contribution in [3.63, 3.8) is 0 Å². The van der Waals surface area contributed by atoms with Gasteiger partial charge in [0.2, 0.25) is 0 Å². The predicted molar refractivity (Wildman–Crippen MR) is 63.8 cm³/mol. The molecule has 0 saturated carbocycles. The van der Waals surface area contributed by atoms with Gasteiger partial charge in [0.05, 0.1) is 6.61 Å². The molecule has 0 rings (SSSR count). The van der Waals surface area contributed by atoms with Gasteiger partial charge in [-0.05, 0) is 35.4 Å². The molecule has 1 amide bonds. The SMILES string of the molecule is CCOC(=O)[C@@H](NC(=O)OCI)C(C)C. The second-order valence-electron chi connectivity index (χ2n) is 3.16. The van der Waals surface area contributed by atoms with Gasteiger partial charge in [0.25, 0.3) is 0 Å². The normalized spacial score (nSPS) is 12.1. The van der Waals surface area contributed by atoms with E-state index in [0.29, 0.717) is 6.61 Å². The van der Waals surface area contributed by atoms with Crippen molar-refractivity contribution < 1.29 is 19.1 Å². The standard InChI is InChI=1S/C9H16INO4/c1-4-14-8(12)7(6(2)3)11-9(13)15-5-10/h6-7H,4-5H2,1-3H3,(H,11,13)/t7-/m0/s1. The molecule has 0 aliphatic rings. The molecule has 88 valence electrons. The van der Waals surface area contributed by atoms with Crippen LogP contribution in [0.4, 0.5) is 4.79 Å². The van der Waals surface area contributed by atoms with Crippen molar-refractivity contribution in [3.05, 3.63) is 0 Å². The van der Waals surface area contributed by atoms with Gasteiger partial charge in [0.15, 0.2) is 0 Å². The first-order valence-electron chi connectivity index (χ1n) is 4.68. The minimum Gasteiger partial charge on any atom is -0.464 e. The quantitative estimate of drug-likeness (QED) is 0.474. The number of halogens is 1. The zero-order valence-corrected chi connectivity index (χ0v) is 11.2. The van der Waals surface area contributed by atoms with E-state index >= 15 is 0 Å². The molecule has 0 aromatic carbocycles. The van der Waals surface area contributed by atoms with Crippen molar-refractivity contribution >= 4 is 34.7 Å². The number of hydrogen-bond donors (Lipinski definition) is 1. The fraction of sp³-hybridized carbons (Fsp3) is 0.778. The van der Waals surface area contributed by atoms with Crippen LogP contribution in [0.25, 0.3) is 0 Å². The van der Waals surface area contributed by atoms with Crippen LogP contribution in [-0.4, -0.2) is 29.3 Å². The Kier molecular flexibility index (Phi) is 7.45. The summed E-state index contributed by atoms with van der Waals surface area (Å²) in [5, 5.41) is 2.46. The molecule has 0 radical (unpaired) electrons. The molecule has 5 nitrogen and oxygen atoms in total. The highest BCUT2D eigenvalue weighted by molar-refractivity contribution is 14.1. The number of esters is 1. The molecule has 0 unspecified atom stereocenters. The molecular formula is C9H16INO4. The van der Waals surface area contributed by atoms with Gasteiger partial charge in [0, 0.05) is 0 Å². The molecule has 0 aromatic rings. The van der Waals surface area contributed by atoms with Crippen molar-refractivity contribution in [2.24, 2.45) is 5.92 Å². The molecule has 0 aliphatic carbocycles. The maximum atomic E-state index is 11.4. The minimum atomic E-state index is -0.652. The fourth-order valence-corrected chi connectivity index (χ4v) is 1.23. The van der Waals surface area contributed by atoms with Crippen LogP contribution in [-0.2, 0) is 14.3 Å². The summed E-state index contributed by atoms with van der Waals surface area (Å²) >= 11 is 1.90. The Morgan fingerprint density at radius 2 is 1.93 bits per heavy atom. The highest BCUT2D eigenvalue weighted by Crippen LogP contribution is 2.04. The third kappa shape index (κ3) is 5.81.